The van der Waals surface area contributed by atoms with E-state index in [1.165, 1.54) is 12.8 Å². The second kappa shape index (κ2) is 6.69. The van der Waals surface area contributed by atoms with E-state index in [0.717, 1.165) is 29.2 Å². The van der Waals surface area contributed by atoms with Crippen molar-refractivity contribution < 1.29 is 4.79 Å². The van der Waals surface area contributed by atoms with E-state index in [9.17, 15) is 4.79 Å². The molecule has 2 amide bonds. The molecule has 1 fully saturated rings. The molecular formula is C14H20N2OS. The first-order chi connectivity index (χ1) is 8.79. The molecule has 0 bridgehead atoms. The predicted octanol–water partition coefficient (Wildman–Crippen LogP) is 3.86. The fourth-order valence-corrected chi connectivity index (χ4v) is 3.03. The molecule has 0 spiro atoms. The van der Waals surface area contributed by atoms with Crippen LogP contribution in [0.1, 0.15) is 32.6 Å². The quantitative estimate of drug-likeness (QED) is 0.811. The van der Waals surface area contributed by atoms with E-state index in [1.54, 1.807) is 11.8 Å². The number of amides is 2. The van der Waals surface area contributed by atoms with Crippen LogP contribution in [0.4, 0.5) is 10.5 Å². The average molecular weight is 264 g/mol. The summed E-state index contributed by atoms with van der Waals surface area (Å²) >= 11 is 1.74. The van der Waals surface area contributed by atoms with Crippen LogP contribution in [0.5, 0.6) is 0 Å². The summed E-state index contributed by atoms with van der Waals surface area (Å²) in [6.45, 7) is 2.11. The van der Waals surface area contributed by atoms with E-state index in [1.807, 2.05) is 24.3 Å². The molecule has 1 aromatic rings. The lowest BCUT2D eigenvalue weighted by molar-refractivity contribution is 0.248. The summed E-state index contributed by atoms with van der Waals surface area (Å²) in [5.74, 6) is 1.00. The first-order valence-electron chi connectivity index (χ1n) is 6.59. The molecule has 3 nitrogen and oxygen atoms in total. The van der Waals surface area contributed by atoms with Crippen molar-refractivity contribution in [1.82, 2.24) is 5.32 Å². The third-order valence-electron chi connectivity index (χ3n) is 3.13. The molecule has 0 atom stereocenters. The molecule has 2 rings (SSSR count). The number of benzene rings is 1. The lowest BCUT2D eigenvalue weighted by Gasteiger charge is -2.14. The van der Waals surface area contributed by atoms with Crippen LogP contribution in [0.3, 0.4) is 0 Å². The van der Waals surface area contributed by atoms with Gasteiger partial charge in [0.15, 0.2) is 0 Å². The van der Waals surface area contributed by atoms with Crippen molar-refractivity contribution in [2.75, 3.05) is 11.1 Å². The van der Waals surface area contributed by atoms with E-state index < -0.39 is 0 Å². The number of urea groups is 1. The first-order valence-corrected chi connectivity index (χ1v) is 7.57. The van der Waals surface area contributed by atoms with Gasteiger partial charge in [0, 0.05) is 10.9 Å². The number of thioether (sulfide) groups is 1. The van der Waals surface area contributed by atoms with Crippen LogP contribution in [0.15, 0.2) is 29.2 Å². The Morgan fingerprint density at radius 3 is 2.78 bits per heavy atom. The van der Waals surface area contributed by atoms with Crippen molar-refractivity contribution in [1.29, 1.82) is 0 Å². The maximum absolute atomic E-state index is 11.9. The minimum absolute atomic E-state index is 0.0777. The molecule has 0 heterocycles. The molecule has 1 aliphatic carbocycles. The van der Waals surface area contributed by atoms with E-state index in [2.05, 4.69) is 17.6 Å². The summed E-state index contributed by atoms with van der Waals surface area (Å²) in [5, 5.41) is 5.99. The number of carbonyl (C=O) groups excluding carboxylic acids is 1. The molecule has 1 saturated carbocycles. The van der Waals surface area contributed by atoms with Crippen molar-refractivity contribution in [2.24, 2.45) is 0 Å². The molecular weight excluding hydrogens is 244 g/mol. The third-order valence-corrected chi connectivity index (χ3v) is 4.08. The smallest absolute Gasteiger partial charge is 0.319 e. The molecule has 0 unspecified atom stereocenters. The van der Waals surface area contributed by atoms with Gasteiger partial charge in [-0.3, -0.25) is 0 Å². The van der Waals surface area contributed by atoms with Crippen LogP contribution in [0.2, 0.25) is 0 Å². The highest BCUT2D eigenvalue weighted by Gasteiger charge is 2.17. The molecule has 1 aliphatic rings. The van der Waals surface area contributed by atoms with Gasteiger partial charge >= 0.3 is 6.03 Å². The van der Waals surface area contributed by atoms with Crippen LogP contribution in [0.25, 0.3) is 0 Å². The van der Waals surface area contributed by atoms with E-state index >= 15 is 0 Å². The number of anilines is 1. The van der Waals surface area contributed by atoms with Crippen LogP contribution in [-0.4, -0.2) is 17.8 Å². The lowest BCUT2D eigenvalue weighted by Crippen LogP contribution is -2.36. The number of hydrogen-bond donors (Lipinski definition) is 2. The average Bonchev–Trinajstić information content (AvgIpc) is 2.84. The molecule has 18 heavy (non-hydrogen) atoms. The van der Waals surface area contributed by atoms with E-state index in [0.29, 0.717) is 6.04 Å². The van der Waals surface area contributed by atoms with E-state index in [-0.39, 0.29) is 6.03 Å². The summed E-state index contributed by atoms with van der Waals surface area (Å²) in [5.41, 5.74) is 0.903. The Labute approximate surface area is 113 Å². The molecule has 0 radical (unpaired) electrons. The van der Waals surface area contributed by atoms with Gasteiger partial charge in [-0.2, -0.15) is 0 Å². The van der Waals surface area contributed by atoms with Gasteiger partial charge in [-0.15, -0.1) is 11.8 Å². The van der Waals surface area contributed by atoms with Gasteiger partial charge in [0.05, 0.1) is 5.69 Å². The highest BCUT2D eigenvalue weighted by Crippen LogP contribution is 2.26. The van der Waals surface area contributed by atoms with Crippen molar-refractivity contribution in [3.8, 4) is 0 Å². The van der Waals surface area contributed by atoms with E-state index in [4.69, 9.17) is 0 Å². The molecule has 1 aromatic carbocycles. The predicted molar refractivity (Wildman–Crippen MR) is 77.3 cm³/mol. The minimum Gasteiger partial charge on any atom is -0.335 e. The van der Waals surface area contributed by atoms with Gasteiger partial charge in [0.25, 0.3) is 0 Å². The monoisotopic (exact) mass is 264 g/mol. The Morgan fingerprint density at radius 1 is 1.33 bits per heavy atom. The second-order valence-corrected chi connectivity index (χ2v) is 5.81. The van der Waals surface area contributed by atoms with Crippen LogP contribution in [0, 0.1) is 0 Å². The third kappa shape index (κ3) is 3.67. The van der Waals surface area contributed by atoms with Gasteiger partial charge in [-0.1, -0.05) is 31.9 Å². The molecule has 2 N–H and O–H groups in total. The zero-order valence-electron chi connectivity index (χ0n) is 10.7. The molecule has 0 aliphatic heterocycles. The summed E-state index contributed by atoms with van der Waals surface area (Å²) < 4.78 is 0. The minimum atomic E-state index is -0.0777. The Hall–Kier alpha value is -1.16. The molecule has 0 saturated heterocycles. The SMILES string of the molecule is CCSc1ccccc1NC(=O)NC1CCCC1. The number of nitrogens with one attached hydrogen (secondary N) is 2. The maximum atomic E-state index is 11.9. The van der Waals surface area contributed by atoms with Gasteiger partial charge < -0.3 is 10.6 Å². The number of carbonyl (C=O) groups is 1. The Bertz CT molecular complexity index is 403. The lowest BCUT2D eigenvalue weighted by atomic mass is 10.2. The zero-order valence-corrected chi connectivity index (χ0v) is 11.6. The van der Waals surface area contributed by atoms with Gasteiger partial charge in [0.2, 0.25) is 0 Å². The largest absolute Gasteiger partial charge is 0.335 e. The highest BCUT2D eigenvalue weighted by molar-refractivity contribution is 7.99. The van der Waals surface area contributed by atoms with Crippen molar-refractivity contribution in [2.45, 2.75) is 43.5 Å². The second-order valence-electron chi connectivity index (χ2n) is 4.51. The number of para-hydroxylation sites is 1. The number of rotatable bonds is 4. The van der Waals surface area contributed by atoms with Crippen molar-refractivity contribution in [3.63, 3.8) is 0 Å². The summed E-state index contributed by atoms with van der Waals surface area (Å²) in [4.78, 5) is 13.0. The fourth-order valence-electron chi connectivity index (χ4n) is 2.27. The standard InChI is InChI=1S/C14H20N2OS/c1-2-18-13-10-6-5-9-12(13)16-14(17)15-11-7-3-4-8-11/h5-6,9-11H,2-4,7-8H2,1H3,(H2,15,16,17). The molecule has 98 valence electrons. The summed E-state index contributed by atoms with van der Waals surface area (Å²) in [6, 6.07) is 8.22. The van der Waals surface area contributed by atoms with Crippen LogP contribution in [-0.2, 0) is 0 Å². The first kappa shape index (κ1) is 13.3. The van der Waals surface area contributed by atoms with Crippen LogP contribution >= 0.6 is 11.8 Å². The van der Waals surface area contributed by atoms with Crippen LogP contribution < -0.4 is 10.6 Å². The van der Waals surface area contributed by atoms with Crippen molar-refractivity contribution >= 4 is 23.5 Å². The fraction of sp³-hybridized carbons (Fsp3) is 0.500. The van der Waals surface area contributed by atoms with Crippen molar-refractivity contribution in [3.05, 3.63) is 24.3 Å². The summed E-state index contributed by atoms with van der Waals surface area (Å²) in [6.07, 6.45) is 4.68. The number of hydrogen-bond acceptors (Lipinski definition) is 2. The molecule has 0 aromatic heterocycles. The zero-order chi connectivity index (χ0) is 12.8. The van der Waals surface area contributed by atoms with Gasteiger partial charge in [-0.05, 0) is 30.7 Å². The Morgan fingerprint density at radius 2 is 2.06 bits per heavy atom. The normalized spacial score (nSPS) is 15.6. The maximum Gasteiger partial charge on any atom is 0.319 e. The highest BCUT2D eigenvalue weighted by atomic mass is 32.2. The molecule has 4 heteroatoms. The topological polar surface area (TPSA) is 41.1 Å². The Balaban J connectivity index is 1.93. The summed E-state index contributed by atoms with van der Waals surface area (Å²) in [7, 11) is 0. The van der Waals surface area contributed by atoms with Gasteiger partial charge in [0.1, 0.15) is 0 Å². The van der Waals surface area contributed by atoms with Gasteiger partial charge in [-0.25, -0.2) is 4.79 Å². The Kier molecular flexibility index (Phi) is 4.93.